The van der Waals surface area contributed by atoms with Gasteiger partial charge in [0.2, 0.25) is 0 Å². The van der Waals surface area contributed by atoms with Crippen molar-refractivity contribution in [3.8, 4) is 0 Å². The molecule has 0 N–H and O–H groups in total. The van der Waals surface area contributed by atoms with Gasteiger partial charge in [-0.15, -0.1) is 0 Å². The number of carbonyl (C=O) groups excluding carboxylic acids is 1. The first-order valence-electron chi connectivity index (χ1n) is 5.89. The minimum atomic E-state index is -3.96. The average Bonchev–Trinajstić information content (AvgIpc) is 2.33. The predicted molar refractivity (Wildman–Crippen MR) is 74.8 cm³/mol. The van der Waals surface area contributed by atoms with Crippen molar-refractivity contribution < 1.29 is 30.6 Å². The Morgan fingerprint density at radius 1 is 1.05 bits per heavy atom. The second kappa shape index (κ2) is 7.01. The summed E-state index contributed by atoms with van der Waals surface area (Å²) >= 11 is 0. The van der Waals surface area contributed by atoms with Crippen molar-refractivity contribution in [3.05, 3.63) is 29.8 Å². The first-order valence-corrected chi connectivity index (χ1v) is 9.36. The van der Waals surface area contributed by atoms with E-state index in [1.54, 1.807) is 0 Å². The van der Waals surface area contributed by atoms with Crippen LogP contribution in [-0.4, -0.2) is 42.3 Å². The third-order valence-electron chi connectivity index (χ3n) is 2.27. The molecular formula is C12H16O7S2. The maximum atomic E-state index is 11.8. The molecule has 0 saturated heterocycles. The van der Waals surface area contributed by atoms with Gasteiger partial charge in [0, 0.05) is 13.2 Å². The van der Waals surface area contributed by atoms with E-state index in [4.69, 9.17) is 0 Å². The van der Waals surface area contributed by atoms with Crippen molar-refractivity contribution >= 4 is 25.9 Å². The molecule has 1 rings (SSSR count). The van der Waals surface area contributed by atoms with Gasteiger partial charge in [0.05, 0.1) is 10.6 Å². The predicted octanol–water partition coefficient (Wildman–Crippen LogP) is 0.500. The summed E-state index contributed by atoms with van der Waals surface area (Å²) in [5.74, 6) is -0.693. The fourth-order valence-corrected chi connectivity index (χ4v) is 3.14. The third-order valence-corrected chi connectivity index (χ3v) is 4.45. The third kappa shape index (κ3) is 6.69. The second-order valence-corrected chi connectivity index (χ2v) is 8.09. The molecule has 21 heavy (non-hydrogen) atoms. The summed E-state index contributed by atoms with van der Waals surface area (Å²) < 4.78 is 55.1. The summed E-state index contributed by atoms with van der Waals surface area (Å²) in [6.07, 6.45) is 1.09. The maximum absolute atomic E-state index is 11.8. The number of carbonyl (C=O) groups is 1. The van der Waals surface area contributed by atoms with Crippen LogP contribution < -0.4 is 0 Å². The highest BCUT2D eigenvalue weighted by atomic mass is 32.2. The van der Waals surface area contributed by atoms with Gasteiger partial charge in [-0.1, -0.05) is 12.1 Å². The van der Waals surface area contributed by atoms with Gasteiger partial charge in [0.25, 0.3) is 10.1 Å². The Bertz CT molecular complexity index is 688. The quantitative estimate of drug-likeness (QED) is 0.406. The monoisotopic (exact) mass is 336 g/mol. The standard InChI is InChI=1S/C12H16O7S2/c1-10(13)18-7-8-19-21(16,17)12-5-3-11(4-6-12)9-20(2,14)15/h3-6H,7-9H2,1-2H3. The van der Waals surface area contributed by atoms with E-state index in [0.717, 1.165) is 6.26 Å². The molecule has 0 aliphatic rings. The zero-order chi connectivity index (χ0) is 16.1. The van der Waals surface area contributed by atoms with Crippen molar-refractivity contribution in [2.24, 2.45) is 0 Å². The van der Waals surface area contributed by atoms with Crippen LogP contribution in [0.15, 0.2) is 29.2 Å². The molecule has 0 unspecified atom stereocenters. The highest BCUT2D eigenvalue weighted by Crippen LogP contribution is 2.14. The van der Waals surface area contributed by atoms with Gasteiger partial charge < -0.3 is 4.74 Å². The van der Waals surface area contributed by atoms with Crippen LogP contribution in [0.3, 0.4) is 0 Å². The van der Waals surface area contributed by atoms with Crippen molar-refractivity contribution in [2.75, 3.05) is 19.5 Å². The normalized spacial score (nSPS) is 12.1. The fourth-order valence-electron chi connectivity index (χ4n) is 1.45. The van der Waals surface area contributed by atoms with Gasteiger partial charge in [0.15, 0.2) is 9.84 Å². The van der Waals surface area contributed by atoms with E-state index < -0.39 is 25.9 Å². The number of hydrogen-bond donors (Lipinski definition) is 0. The lowest BCUT2D eigenvalue weighted by molar-refractivity contribution is -0.141. The van der Waals surface area contributed by atoms with Crippen LogP contribution in [-0.2, 0) is 39.4 Å². The number of hydrogen-bond acceptors (Lipinski definition) is 7. The minimum absolute atomic E-state index is 0.0948. The molecule has 0 atom stereocenters. The van der Waals surface area contributed by atoms with Gasteiger partial charge in [-0.05, 0) is 17.7 Å². The molecule has 0 bridgehead atoms. The molecule has 0 amide bonds. The molecule has 0 aromatic heterocycles. The van der Waals surface area contributed by atoms with E-state index in [1.165, 1.54) is 31.2 Å². The molecule has 0 fully saturated rings. The highest BCUT2D eigenvalue weighted by molar-refractivity contribution is 7.89. The summed E-state index contributed by atoms with van der Waals surface area (Å²) in [6, 6.07) is 5.34. The molecule has 1 aromatic rings. The van der Waals surface area contributed by atoms with E-state index in [9.17, 15) is 21.6 Å². The molecule has 0 saturated carbocycles. The topological polar surface area (TPSA) is 104 Å². The van der Waals surface area contributed by atoms with Crippen LogP contribution in [0, 0.1) is 0 Å². The maximum Gasteiger partial charge on any atom is 0.302 e. The van der Waals surface area contributed by atoms with Crippen LogP contribution in [0.2, 0.25) is 0 Å². The Labute approximate surface area is 123 Å². The number of ether oxygens (including phenoxy) is 1. The molecule has 0 spiro atoms. The first-order chi connectivity index (χ1) is 9.60. The summed E-state index contributed by atoms with van der Waals surface area (Å²) in [5.41, 5.74) is 0.483. The molecule has 118 valence electrons. The lowest BCUT2D eigenvalue weighted by Gasteiger charge is -2.06. The second-order valence-electron chi connectivity index (χ2n) is 4.33. The van der Waals surface area contributed by atoms with Crippen molar-refractivity contribution in [1.29, 1.82) is 0 Å². The van der Waals surface area contributed by atoms with E-state index in [2.05, 4.69) is 8.92 Å². The lowest BCUT2D eigenvalue weighted by Crippen LogP contribution is -2.13. The molecule has 0 heterocycles. The zero-order valence-corrected chi connectivity index (χ0v) is 13.2. The van der Waals surface area contributed by atoms with Gasteiger partial charge >= 0.3 is 5.97 Å². The van der Waals surface area contributed by atoms with Crippen LogP contribution in [0.5, 0.6) is 0 Å². The Kier molecular flexibility index (Phi) is 5.87. The molecular weight excluding hydrogens is 320 g/mol. The first kappa shape index (κ1) is 17.6. The SMILES string of the molecule is CC(=O)OCCOS(=O)(=O)c1ccc(CS(C)(=O)=O)cc1. The smallest absolute Gasteiger partial charge is 0.302 e. The van der Waals surface area contributed by atoms with Crippen molar-refractivity contribution in [2.45, 2.75) is 17.6 Å². The molecule has 0 aliphatic heterocycles. The Hall–Kier alpha value is -1.45. The molecule has 1 aromatic carbocycles. The summed E-state index contributed by atoms with van der Waals surface area (Å²) in [7, 11) is -7.14. The highest BCUT2D eigenvalue weighted by Gasteiger charge is 2.15. The van der Waals surface area contributed by atoms with Gasteiger partial charge in [-0.25, -0.2) is 8.42 Å². The summed E-state index contributed by atoms with van der Waals surface area (Å²) in [4.78, 5) is 10.4. The largest absolute Gasteiger partial charge is 0.463 e. The minimum Gasteiger partial charge on any atom is -0.463 e. The van der Waals surface area contributed by atoms with E-state index >= 15 is 0 Å². The van der Waals surface area contributed by atoms with Crippen molar-refractivity contribution in [1.82, 2.24) is 0 Å². The molecule has 7 nitrogen and oxygen atoms in total. The Balaban J connectivity index is 2.69. The van der Waals surface area contributed by atoms with Gasteiger partial charge in [-0.3, -0.25) is 8.98 Å². The summed E-state index contributed by atoms with van der Waals surface area (Å²) in [6.45, 7) is 0.753. The molecule has 9 heteroatoms. The Morgan fingerprint density at radius 2 is 1.62 bits per heavy atom. The van der Waals surface area contributed by atoms with E-state index in [0.29, 0.717) is 5.56 Å². The number of sulfone groups is 1. The average molecular weight is 336 g/mol. The van der Waals surface area contributed by atoms with E-state index in [-0.39, 0.29) is 23.9 Å². The van der Waals surface area contributed by atoms with Crippen LogP contribution in [0.25, 0.3) is 0 Å². The van der Waals surface area contributed by atoms with Crippen LogP contribution in [0.4, 0.5) is 0 Å². The Morgan fingerprint density at radius 3 is 2.10 bits per heavy atom. The zero-order valence-electron chi connectivity index (χ0n) is 11.6. The number of esters is 1. The lowest BCUT2D eigenvalue weighted by atomic mass is 10.2. The number of benzene rings is 1. The molecule has 0 aliphatic carbocycles. The molecule has 0 radical (unpaired) electrons. The van der Waals surface area contributed by atoms with Crippen LogP contribution in [0.1, 0.15) is 12.5 Å². The van der Waals surface area contributed by atoms with Crippen LogP contribution >= 0.6 is 0 Å². The number of rotatable bonds is 7. The van der Waals surface area contributed by atoms with Gasteiger partial charge in [0.1, 0.15) is 13.2 Å². The fraction of sp³-hybridized carbons (Fsp3) is 0.417. The van der Waals surface area contributed by atoms with Gasteiger partial charge in [-0.2, -0.15) is 8.42 Å². The summed E-state index contributed by atoms with van der Waals surface area (Å²) in [5, 5.41) is 0. The van der Waals surface area contributed by atoms with Crippen molar-refractivity contribution in [3.63, 3.8) is 0 Å². The van der Waals surface area contributed by atoms with E-state index in [1.807, 2.05) is 0 Å².